The van der Waals surface area contributed by atoms with Gasteiger partial charge in [0.25, 0.3) is 11.2 Å². The summed E-state index contributed by atoms with van der Waals surface area (Å²) in [5.74, 6) is -0.0689. The lowest BCUT2D eigenvalue weighted by atomic mass is 9.97. The number of nitrogens with one attached hydrogen (secondary N) is 2. The highest BCUT2D eigenvalue weighted by molar-refractivity contribution is 8.00. The fourth-order valence-corrected chi connectivity index (χ4v) is 3.81. The van der Waals surface area contributed by atoms with Crippen LogP contribution < -0.4 is 15.6 Å². The van der Waals surface area contributed by atoms with Crippen LogP contribution in [0.2, 0.25) is 0 Å². The molecule has 0 radical (unpaired) electrons. The lowest BCUT2D eigenvalue weighted by molar-refractivity contribution is -0.384. The zero-order valence-corrected chi connectivity index (χ0v) is 16.3. The molecule has 28 heavy (non-hydrogen) atoms. The van der Waals surface area contributed by atoms with Gasteiger partial charge in [-0.15, -0.1) is 0 Å². The largest absolute Gasteiger partial charge is 0.495 e. The van der Waals surface area contributed by atoms with Crippen LogP contribution in [0.3, 0.4) is 0 Å². The number of non-ortho nitro benzene ring substituents is 1. The Kier molecular flexibility index (Phi) is 5.98. The molecule has 0 aliphatic heterocycles. The number of aromatic amines is 1. The highest BCUT2D eigenvalue weighted by Gasteiger charge is 2.21. The number of benzene rings is 1. The minimum absolute atomic E-state index is 0.153. The van der Waals surface area contributed by atoms with Gasteiger partial charge in [-0.1, -0.05) is 11.8 Å². The van der Waals surface area contributed by atoms with Crippen molar-refractivity contribution in [2.75, 3.05) is 12.4 Å². The van der Waals surface area contributed by atoms with Gasteiger partial charge in [0, 0.05) is 17.7 Å². The molecule has 0 saturated carbocycles. The minimum Gasteiger partial charge on any atom is -0.495 e. The first-order valence-electron chi connectivity index (χ1n) is 8.81. The second-order valence-electron chi connectivity index (χ2n) is 6.39. The number of hydrogen-bond donors (Lipinski definition) is 2. The number of nitro groups is 1. The topological polar surface area (TPSA) is 127 Å². The molecule has 10 heteroatoms. The number of carbonyl (C=O) groups excluding carboxylic acids is 1. The third-order valence-electron chi connectivity index (χ3n) is 4.48. The number of nitrogens with zero attached hydrogens (tertiary/aromatic N) is 2. The first kappa shape index (κ1) is 19.9. The molecule has 1 amide bonds. The molecule has 0 bridgehead atoms. The molecule has 1 aromatic carbocycles. The van der Waals surface area contributed by atoms with Gasteiger partial charge in [0.05, 0.1) is 28.7 Å². The van der Waals surface area contributed by atoms with Crippen LogP contribution in [0.1, 0.15) is 31.0 Å². The van der Waals surface area contributed by atoms with Crippen molar-refractivity contribution in [1.29, 1.82) is 0 Å². The standard InChI is InChI=1S/C18H20N4O5S/c1-10(28-18-20-13-6-4-3-5-12(13)17(24)21-18)16(23)19-14-9-11(22(25)26)7-8-15(14)27-2/h7-10H,3-6H2,1-2H3,(H,19,23)(H,20,21,24). The molecule has 0 spiro atoms. The summed E-state index contributed by atoms with van der Waals surface area (Å²) < 4.78 is 5.15. The van der Waals surface area contributed by atoms with Gasteiger partial charge in [0.15, 0.2) is 5.16 Å². The van der Waals surface area contributed by atoms with Crippen molar-refractivity contribution in [1.82, 2.24) is 9.97 Å². The van der Waals surface area contributed by atoms with Crippen molar-refractivity contribution in [2.45, 2.75) is 43.0 Å². The maximum Gasteiger partial charge on any atom is 0.271 e. The van der Waals surface area contributed by atoms with Gasteiger partial charge in [0.2, 0.25) is 5.91 Å². The smallest absolute Gasteiger partial charge is 0.271 e. The Labute approximate surface area is 165 Å². The molecule has 1 unspecified atom stereocenters. The number of rotatable bonds is 6. The average molecular weight is 404 g/mol. The summed E-state index contributed by atoms with van der Waals surface area (Å²) in [5.41, 5.74) is 1.43. The van der Waals surface area contributed by atoms with E-state index in [9.17, 15) is 19.7 Å². The third kappa shape index (κ3) is 4.33. The van der Waals surface area contributed by atoms with Gasteiger partial charge < -0.3 is 15.0 Å². The zero-order valence-electron chi connectivity index (χ0n) is 15.5. The van der Waals surface area contributed by atoms with Gasteiger partial charge in [-0.05, 0) is 38.7 Å². The molecule has 3 rings (SSSR count). The number of anilines is 1. The van der Waals surface area contributed by atoms with Gasteiger partial charge in [0.1, 0.15) is 5.75 Å². The van der Waals surface area contributed by atoms with E-state index in [0.717, 1.165) is 48.7 Å². The monoisotopic (exact) mass is 404 g/mol. The summed E-state index contributed by atoms with van der Waals surface area (Å²) in [5, 5.41) is 13.4. The molecule has 1 aromatic heterocycles. The molecular formula is C18H20N4O5S. The number of methoxy groups -OCH3 is 1. The molecule has 2 N–H and O–H groups in total. The van der Waals surface area contributed by atoms with Crippen LogP contribution >= 0.6 is 11.8 Å². The normalized spacial score (nSPS) is 14.1. The molecule has 0 fully saturated rings. The Morgan fingerprint density at radius 2 is 2.14 bits per heavy atom. The van der Waals surface area contributed by atoms with Crippen LogP contribution in [-0.2, 0) is 17.6 Å². The van der Waals surface area contributed by atoms with E-state index in [-0.39, 0.29) is 22.8 Å². The van der Waals surface area contributed by atoms with Gasteiger partial charge in [-0.25, -0.2) is 4.98 Å². The minimum atomic E-state index is -0.589. The molecular weight excluding hydrogens is 384 g/mol. The quantitative estimate of drug-likeness (QED) is 0.328. The highest BCUT2D eigenvalue weighted by atomic mass is 32.2. The van der Waals surface area contributed by atoms with E-state index in [1.54, 1.807) is 6.92 Å². The third-order valence-corrected chi connectivity index (χ3v) is 5.46. The van der Waals surface area contributed by atoms with E-state index >= 15 is 0 Å². The Morgan fingerprint density at radius 3 is 2.86 bits per heavy atom. The van der Waals surface area contributed by atoms with Crippen molar-refractivity contribution in [3.05, 3.63) is 49.9 Å². The van der Waals surface area contributed by atoms with Crippen LogP contribution in [0.25, 0.3) is 0 Å². The maximum absolute atomic E-state index is 12.6. The maximum atomic E-state index is 12.6. The van der Waals surface area contributed by atoms with Crippen LogP contribution in [0.15, 0.2) is 28.2 Å². The van der Waals surface area contributed by atoms with Crippen LogP contribution in [0, 0.1) is 10.1 Å². The second-order valence-corrected chi connectivity index (χ2v) is 7.72. The number of fused-ring (bicyclic) bond motifs is 1. The Bertz CT molecular complexity index is 975. The number of aryl methyl sites for hydroxylation is 1. The summed E-state index contributed by atoms with van der Waals surface area (Å²) in [7, 11) is 1.41. The van der Waals surface area contributed by atoms with Crippen molar-refractivity contribution < 1.29 is 14.5 Å². The predicted octanol–water partition coefficient (Wildman–Crippen LogP) is 2.68. The summed E-state index contributed by atoms with van der Waals surface area (Å²) >= 11 is 1.13. The summed E-state index contributed by atoms with van der Waals surface area (Å²) in [6.07, 6.45) is 3.47. The van der Waals surface area contributed by atoms with Crippen LogP contribution in [0.5, 0.6) is 5.75 Å². The zero-order chi connectivity index (χ0) is 20.3. The Morgan fingerprint density at radius 1 is 1.39 bits per heavy atom. The first-order chi connectivity index (χ1) is 13.4. The molecule has 148 valence electrons. The van der Waals surface area contributed by atoms with Crippen LogP contribution in [0.4, 0.5) is 11.4 Å². The van der Waals surface area contributed by atoms with Crippen molar-refractivity contribution in [2.24, 2.45) is 0 Å². The number of nitro benzene ring substituents is 1. The lowest BCUT2D eigenvalue weighted by Gasteiger charge is -2.16. The number of ether oxygens (including phenoxy) is 1. The number of hydrogen-bond acceptors (Lipinski definition) is 7. The molecule has 2 aromatic rings. The molecule has 9 nitrogen and oxygen atoms in total. The molecule has 1 aliphatic rings. The van der Waals surface area contributed by atoms with Gasteiger partial charge >= 0.3 is 0 Å². The van der Waals surface area contributed by atoms with Crippen LogP contribution in [-0.4, -0.2) is 33.2 Å². The van der Waals surface area contributed by atoms with Gasteiger partial charge in [-0.3, -0.25) is 19.7 Å². The fraction of sp³-hybridized carbons (Fsp3) is 0.389. The van der Waals surface area contributed by atoms with Gasteiger partial charge in [-0.2, -0.15) is 0 Å². The average Bonchev–Trinajstić information content (AvgIpc) is 2.67. The summed E-state index contributed by atoms with van der Waals surface area (Å²) in [4.78, 5) is 42.4. The highest BCUT2D eigenvalue weighted by Crippen LogP contribution is 2.30. The molecule has 0 saturated heterocycles. The van der Waals surface area contributed by atoms with E-state index in [1.807, 2.05) is 0 Å². The van der Waals surface area contributed by atoms with E-state index < -0.39 is 10.2 Å². The van der Waals surface area contributed by atoms with E-state index in [0.29, 0.717) is 10.9 Å². The number of aromatic nitrogens is 2. The Balaban J connectivity index is 1.75. The van der Waals surface area contributed by atoms with E-state index in [1.165, 1.54) is 25.3 Å². The molecule has 1 atom stereocenters. The number of thioether (sulfide) groups is 1. The van der Waals surface area contributed by atoms with E-state index in [4.69, 9.17) is 4.74 Å². The SMILES string of the molecule is COc1ccc([N+](=O)[O-])cc1NC(=O)C(C)Sc1nc2c(c(=O)[nH]1)CCCC2. The lowest BCUT2D eigenvalue weighted by Crippen LogP contribution is -2.25. The number of carbonyl (C=O) groups is 1. The fourth-order valence-electron chi connectivity index (χ4n) is 3.00. The second kappa shape index (κ2) is 8.42. The van der Waals surface area contributed by atoms with Crippen molar-refractivity contribution >= 4 is 29.0 Å². The summed E-state index contributed by atoms with van der Waals surface area (Å²) in [6.45, 7) is 1.67. The van der Waals surface area contributed by atoms with Crippen molar-refractivity contribution in [3.8, 4) is 5.75 Å². The molecule has 1 aliphatic carbocycles. The van der Waals surface area contributed by atoms with E-state index in [2.05, 4.69) is 15.3 Å². The Hall–Kier alpha value is -2.88. The molecule has 1 heterocycles. The predicted molar refractivity (Wildman–Crippen MR) is 105 cm³/mol. The number of amides is 1. The van der Waals surface area contributed by atoms with Crippen molar-refractivity contribution in [3.63, 3.8) is 0 Å². The number of H-pyrrole nitrogens is 1. The first-order valence-corrected chi connectivity index (χ1v) is 9.69. The summed E-state index contributed by atoms with van der Waals surface area (Å²) in [6, 6.07) is 3.97.